The smallest absolute Gasteiger partial charge is 0.335 e. The molecular weight excluding hydrogens is 1000 g/mol. The Bertz CT molecular complexity index is 2170. The fourth-order valence-corrected chi connectivity index (χ4v) is 15.9. The van der Waals surface area contributed by atoms with Crippen LogP contribution in [-0.4, -0.2) is 226 Å². The summed E-state index contributed by atoms with van der Waals surface area (Å²) in [7, 11) is 0. The van der Waals surface area contributed by atoms with Crippen molar-refractivity contribution in [2.24, 2.45) is 50.2 Å². The standard InChI is InChI=1S/C53H84O23/c1-9-22(2)44(69)76-42-41(66)48(3,4)16-24-23-10-11-28-49(5)14-13-30(50(6,20-56)27(49)12-15-51(28,7)52(23,8)17-29(58)53(24,42)21-57)72-47-39(74-46-36(64)34(62)32(60)26(19-55)71-46)37(65)38(40(75-47)43(67)68)73-45-35(63)33(61)31(59)25(18-54)70-45/h9-10,24-42,45-47,54-66H,11-21H2,1-8H3,(H,67,68)/b22-9-/t24-,25+,26+,27+,28+,29+,30-,31+,32+,33-,34-,35+,36+,37-,38-,39+,40-,41-,42-,45-,46-,47+,49-,50+,51+,52+,53-/m0/s1. The average molecular weight is 1090 g/mol. The number of aliphatic hydroxyl groups excluding tert-OH is 13. The van der Waals surface area contributed by atoms with Gasteiger partial charge in [0, 0.05) is 11.0 Å². The van der Waals surface area contributed by atoms with Gasteiger partial charge in [0.05, 0.1) is 50.2 Å². The molecule has 5 aliphatic carbocycles. The van der Waals surface area contributed by atoms with E-state index >= 15 is 0 Å². The van der Waals surface area contributed by atoms with Crippen LogP contribution in [-0.2, 0) is 42.7 Å². The minimum Gasteiger partial charge on any atom is -0.479 e. The van der Waals surface area contributed by atoms with Crippen LogP contribution in [0.2, 0.25) is 0 Å². The molecule has 23 nitrogen and oxygen atoms in total. The summed E-state index contributed by atoms with van der Waals surface area (Å²) in [6, 6.07) is 0. The molecule has 434 valence electrons. The second-order valence-corrected chi connectivity index (χ2v) is 24.9. The third-order valence-corrected chi connectivity index (χ3v) is 20.8. The predicted octanol–water partition coefficient (Wildman–Crippen LogP) is -1.89. The van der Waals surface area contributed by atoms with Gasteiger partial charge in [-0.05, 0) is 98.2 Å². The molecule has 0 unspecified atom stereocenters. The second-order valence-electron chi connectivity index (χ2n) is 24.9. The third-order valence-electron chi connectivity index (χ3n) is 20.8. The Morgan fingerprint density at radius 3 is 1.79 bits per heavy atom. The number of esters is 1. The summed E-state index contributed by atoms with van der Waals surface area (Å²) in [6.45, 7) is 12.9. The first-order valence-corrected chi connectivity index (χ1v) is 26.8. The molecule has 0 amide bonds. The number of carbonyl (C=O) groups is 2. The highest BCUT2D eigenvalue weighted by Gasteiger charge is 2.74. The van der Waals surface area contributed by atoms with Crippen molar-refractivity contribution < 1.29 is 114 Å². The lowest BCUT2D eigenvalue weighted by atomic mass is 9.33. The van der Waals surface area contributed by atoms with Gasteiger partial charge >= 0.3 is 11.9 Å². The van der Waals surface area contributed by atoms with Gasteiger partial charge in [-0.3, -0.25) is 0 Å². The van der Waals surface area contributed by atoms with E-state index in [1.165, 1.54) is 0 Å². The quantitative estimate of drug-likeness (QED) is 0.0415. The highest BCUT2D eigenvalue weighted by molar-refractivity contribution is 5.87. The van der Waals surface area contributed by atoms with Crippen molar-refractivity contribution in [3.8, 4) is 0 Å². The van der Waals surface area contributed by atoms with Gasteiger partial charge in [0.1, 0.15) is 73.2 Å². The first-order chi connectivity index (χ1) is 35.5. The lowest BCUT2D eigenvalue weighted by Gasteiger charge is -2.72. The summed E-state index contributed by atoms with van der Waals surface area (Å²) >= 11 is 0. The zero-order chi connectivity index (χ0) is 56.2. The first kappa shape index (κ1) is 59.8. The lowest BCUT2D eigenvalue weighted by molar-refractivity contribution is -0.392. The molecular formula is C53H84O23. The molecule has 23 heteroatoms. The van der Waals surface area contributed by atoms with E-state index in [2.05, 4.69) is 26.8 Å². The lowest BCUT2D eigenvalue weighted by Crippen LogP contribution is -2.72. The second kappa shape index (κ2) is 21.5. The third kappa shape index (κ3) is 9.16. The van der Waals surface area contributed by atoms with Crippen LogP contribution in [0, 0.1) is 50.2 Å². The molecule has 4 saturated carbocycles. The summed E-state index contributed by atoms with van der Waals surface area (Å²) in [4.78, 5) is 26.5. The van der Waals surface area contributed by atoms with Crippen molar-refractivity contribution in [1.82, 2.24) is 0 Å². The summed E-state index contributed by atoms with van der Waals surface area (Å²) in [5, 5.41) is 154. The number of fused-ring (bicyclic) bond motifs is 7. The molecule has 0 aromatic carbocycles. The molecule has 0 bridgehead atoms. The monoisotopic (exact) mass is 1090 g/mol. The van der Waals surface area contributed by atoms with E-state index in [4.69, 9.17) is 33.2 Å². The zero-order valence-corrected chi connectivity index (χ0v) is 44.6. The number of hydrogen-bond donors (Lipinski definition) is 14. The highest BCUT2D eigenvalue weighted by atomic mass is 16.8. The van der Waals surface area contributed by atoms with Gasteiger partial charge in [0.25, 0.3) is 0 Å². The Balaban J connectivity index is 1.11. The maximum atomic E-state index is 13.4. The Hall–Kier alpha value is -2.34. The first-order valence-electron chi connectivity index (χ1n) is 26.8. The number of ether oxygens (including phenoxy) is 7. The van der Waals surface area contributed by atoms with E-state index in [0.29, 0.717) is 37.7 Å². The van der Waals surface area contributed by atoms with E-state index < -0.39 is 193 Å². The molecule has 0 spiro atoms. The summed E-state index contributed by atoms with van der Waals surface area (Å²) < 4.78 is 42.0. The zero-order valence-electron chi connectivity index (χ0n) is 44.6. The Morgan fingerprint density at radius 2 is 1.26 bits per heavy atom. The van der Waals surface area contributed by atoms with Crippen molar-refractivity contribution in [1.29, 1.82) is 0 Å². The maximum Gasteiger partial charge on any atom is 0.335 e. The van der Waals surface area contributed by atoms with Gasteiger partial charge < -0.3 is 105 Å². The van der Waals surface area contributed by atoms with E-state index in [-0.39, 0.29) is 24.7 Å². The molecule has 3 saturated heterocycles. The van der Waals surface area contributed by atoms with Crippen LogP contribution in [0.5, 0.6) is 0 Å². The fourth-order valence-electron chi connectivity index (χ4n) is 15.9. The van der Waals surface area contributed by atoms with E-state index in [9.17, 15) is 81.1 Å². The summed E-state index contributed by atoms with van der Waals surface area (Å²) in [5.41, 5.74) is -3.64. The van der Waals surface area contributed by atoms with E-state index in [1.807, 2.05) is 20.8 Å². The number of rotatable bonds is 13. The molecule has 27 atom stereocenters. The molecule has 8 aliphatic rings. The largest absolute Gasteiger partial charge is 0.479 e. The molecule has 7 fully saturated rings. The van der Waals surface area contributed by atoms with Gasteiger partial charge in [-0.25, -0.2) is 9.59 Å². The number of aliphatic carboxylic acids is 1. The van der Waals surface area contributed by atoms with Crippen LogP contribution in [0.15, 0.2) is 23.3 Å². The SMILES string of the molecule is C/C=C(/C)C(=O)O[C@H]1[C@H](O)C(C)(C)C[C@H]2C3=CC[C@@H]4[C@@]5(C)CC[C@H](O[C@@H]6O[C@H](C(=O)O)[C@@H](O[C@@H]7O[C@H](CO)[C@@H](O)[C@H](O)[C@H]7O)[C@H](O)[C@H]6O[C@@H]6O[C@H](CO)[C@@H](O)[C@H](O)[C@H]6O)[C@](C)(CO)[C@@H]5CC[C@@]4(C)[C@]3(C)C[C@@H](O)[C@]21CO. The van der Waals surface area contributed by atoms with Crippen LogP contribution < -0.4 is 0 Å². The molecule has 14 N–H and O–H groups in total. The number of allylic oxidation sites excluding steroid dienone is 3. The van der Waals surface area contributed by atoms with Crippen LogP contribution >= 0.6 is 0 Å². The minimum absolute atomic E-state index is 0.0620. The summed E-state index contributed by atoms with van der Waals surface area (Å²) in [5.74, 6) is -3.19. The van der Waals surface area contributed by atoms with Crippen molar-refractivity contribution in [3.05, 3.63) is 23.3 Å². The maximum absolute atomic E-state index is 13.4. The Labute approximate surface area is 442 Å². The van der Waals surface area contributed by atoms with Gasteiger partial charge in [-0.1, -0.05) is 59.3 Å². The van der Waals surface area contributed by atoms with Crippen LogP contribution in [0.25, 0.3) is 0 Å². The van der Waals surface area contributed by atoms with Gasteiger partial charge in [-0.15, -0.1) is 0 Å². The van der Waals surface area contributed by atoms with Crippen molar-refractivity contribution >= 4 is 11.9 Å². The van der Waals surface area contributed by atoms with E-state index in [0.717, 1.165) is 5.57 Å². The number of carboxylic acid groups (broad SMARTS) is 1. The van der Waals surface area contributed by atoms with E-state index in [1.54, 1.807) is 19.9 Å². The van der Waals surface area contributed by atoms with Gasteiger partial charge in [0.15, 0.2) is 25.0 Å². The normalized spacial score (nSPS) is 52.3. The number of hydrogen-bond acceptors (Lipinski definition) is 22. The molecule has 0 aromatic heterocycles. The summed E-state index contributed by atoms with van der Waals surface area (Å²) in [6.07, 6.45) is -26.4. The topological polar surface area (TPSA) is 382 Å². The highest BCUT2D eigenvalue weighted by Crippen LogP contribution is 2.76. The molecule has 3 heterocycles. The van der Waals surface area contributed by atoms with Gasteiger partial charge in [-0.2, -0.15) is 0 Å². The number of carboxylic acids is 1. The molecule has 0 aromatic rings. The predicted molar refractivity (Wildman–Crippen MR) is 259 cm³/mol. The molecule has 3 aliphatic heterocycles. The average Bonchev–Trinajstić information content (AvgIpc) is 3.41. The molecule has 76 heavy (non-hydrogen) atoms. The van der Waals surface area contributed by atoms with Crippen LogP contribution in [0.3, 0.4) is 0 Å². The Morgan fingerprint density at radius 1 is 0.684 bits per heavy atom. The molecule has 8 rings (SSSR count). The number of aliphatic hydroxyl groups is 13. The van der Waals surface area contributed by atoms with Crippen molar-refractivity contribution in [2.75, 3.05) is 26.4 Å². The number of carbonyl (C=O) groups excluding carboxylic acids is 1. The Kier molecular flexibility index (Phi) is 16.9. The molecule has 0 radical (unpaired) electrons. The van der Waals surface area contributed by atoms with Crippen molar-refractivity contribution in [2.45, 2.75) is 217 Å². The van der Waals surface area contributed by atoms with Crippen LogP contribution in [0.1, 0.15) is 100 Å². The fraction of sp³-hybridized carbons (Fsp3) is 0.887. The van der Waals surface area contributed by atoms with Crippen molar-refractivity contribution in [3.63, 3.8) is 0 Å². The van der Waals surface area contributed by atoms with Crippen LogP contribution in [0.4, 0.5) is 0 Å². The van der Waals surface area contributed by atoms with Gasteiger partial charge in [0.2, 0.25) is 0 Å². The minimum atomic E-state index is -2.17.